The maximum absolute atomic E-state index is 6.06. The first-order chi connectivity index (χ1) is 8.45. The fraction of sp³-hybridized carbons (Fsp3) is 0.800. The molecule has 0 aromatic carbocycles. The smallest absolute Gasteiger partial charge is 0.0934 e. The summed E-state index contributed by atoms with van der Waals surface area (Å²) in [4.78, 5) is 4.83. The third-order valence-electron chi connectivity index (χ3n) is 4.19. The van der Waals surface area contributed by atoms with E-state index in [-0.39, 0.29) is 5.41 Å². The van der Waals surface area contributed by atoms with Crippen LogP contribution in [0.25, 0.3) is 0 Å². The maximum Gasteiger partial charge on any atom is 0.0934 e. The van der Waals surface area contributed by atoms with Crippen LogP contribution in [0.5, 0.6) is 0 Å². The van der Waals surface area contributed by atoms with E-state index >= 15 is 0 Å². The van der Waals surface area contributed by atoms with Crippen LogP contribution in [0.2, 0.25) is 0 Å². The summed E-state index contributed by atoms with van der Waals surface area (Å²) in [5, 5.41) is 3.51. The zero-order valence-corrected chi connectivity index (χ0v) is 12.8. The summed E-state index contributed by atoms with van der Waals surface area (Å²) in [6, 6.07) is 0. The topological polar surface area (TPSA) is 38.9 Å². The molecule has 0 spiro atoms. The zero-order chi connectivity index (χ0) is 13.2. The number of hydrogen-bond acceptors (Lipinski definition) is 3. The normalized spacial score (nSPS) is 20.0. The zero-order valence-electron chi connectivity index (χ0n) is 12.0. The minimum absolute atomic E-state index is 0.164. The highest BCUT2D eigenvalue weighted by atomic mass is 32.1. The fourth-order valence-electron chi connectivity index (χ4n) is 2.81. The van der Waals surface area contributed by atoms with E-state index < -0.39 is 0 Å². The van der Waals surface area contributed by atoms with Crippen LogP contribution in [0.4, 0.5) is 0 Å². The molecule has 0 amide bonds. The van der Waals surface area contributed by atoms with Gasteiger partial charge in [-0.15, -0.1) is 11.3 Å². The molecule has 18 heavy (non-hydrogen) atoms. The molecule has 0 atom stereocenters. The standard InChI is InChI=1S/C15H26N2S/c1-14(2,3)12-10-18-13(17-12)9-15(11-16)7-5-4-6-8-15/h10H,4-9,11,16H2,1-3H3. The lowest BCUT2D eigenvalue weighted by Crippen LogP contribution is -2.34. The molecule has 1 fully saturated rings. The quantitative estimate of drug-likeness (QED) is 0.901. The van der Waals surface area contributed by atoms with Gasteiger partial charge in [0.25, 0.3) is 0 Å². The lowest BCUT2D eigenvalue weighted by Gasteiger charge is -2.35. The van der Waals surface area contributed by atoms with Crippen molar-refractivity contribution in [1.82, 2.24) is 4.98 Å². The molecule has 3 heteroatoms. The minimum Gasteiger partial charge on any atom is -0.330 e. The molecular formula is C15H26N2S. The lowest BCUT2D eigenvalue weighted by atomic mass is 9.72. The van der Waals surface area contributed by atoms with Gasteiger partial charge in [0.1, 0.15) is 0 Å². The van der Waals surface area contributed by atoms with Crippen molar-refractivity contribution in [3.05, 3.63) is 16.1 Å². The van der Waals surface area contributed by atoms with Gasteiger partial charge in [-0.1, -0.05) is 40.0 Å². The van der Waals surface area contributed by atoms with Crippen LogP contribution in [-0.4, -0.2) is 11.5 Å². The van der Waals surface area contributed by atoms with E-state index in [1.807, 2.05) is 11.3 Å². The molecule has 0 radical (unpaired) electrons. The second-order valence-electron chi connectivity index (χ2n) is 6.82. The van der Waals surface area contributed by atoms with E-state index in [2.05, 4.69) is 26.2 Å². The third-order valence-corrected chi connectivity index (χ3v) is 5.04. The molecule has 0 aliphatic heterocycles. The van der Waals surface area contributed by atoms with Crippen molar-refractivity contribution in [3.8, 4) is 0 Å². The highest BCUT2D eigenvalue weighted by Crippen LogP contribution is 2.39. The Balaban J connectivity index is 2.10. The van der Waals surface area contributed by atoms with Gasteiger partial charge in [0.05, 0.1) is 10.7 Å². The summed E-state index contributed by atoms with van der Waals surface area (Å²) < 4.78 is 0. The third kappa shape index (κ3) is 3.12. The van der Waals surface area contributed by atoms with Crippen LogP contribution in [-0.2, 0) is 11.8 Å². The summed E-state index contributed by atoms with van der Waals surface area (Å²) in [5.74, 6) is 0. The molecule has 1 aliphatic rings. The summed E-state index contributed by atoms with van der Waals surface area (Å²) in [7, 11) is 0. The first-order valence-electron chi connectivity index (χ1n) is 7.10. The first-order valence-corrected chi connectivity index (χ1v) is 7.98. The Kier molecular flexibility index (Phi) is 4.12. The van der Waals surface area contributed by atoms with E-state index in [4.69, 9.17) is 10.7 Å². The molecule has 0 bridgehead atoms. The number of thiazole rings is 1. The number of rotatable bonds is 3. The molecule has 2 nitrogen and oxygen atoms in total. The molecule has 0 saturated heterocycles. The molecule has 102 valence electrons. The summed E-state index contributed by atoms with van der Waals surface area (Å²) >= 11 is 1.82. The predicted octanol–water partition coefficient (Wildman–Crippen LogP) is 3.89. The Morgan fingerprint density at radius 2 is 1.94 bits per heavy atom. The Morgan fingerprint density at radius 1 is 1.28 bits per heavy atom. The molecule has 1 saturated carbocycles. The molecule has 2 N–H and O–H groups in total. The average Bonchev–Trinajstić information content (AvgIpc) is 2.78. The van der Waals surface area contributed by atoms with Crippen LogP contribution < -0.4 is 5.73 Å². The summed E-state index contributed by atoms with van der Waals surface area (Å²) in [6.45, 7) is 7.50. The van der Waals surface area contributed by atoms with E-state index in [9.17, 15) is 0 Å². The Morgan fingerprint density at radius 3 is 2.44 bits per heavy atom. The van der Waals surface area contributed by atoms with Crippen molar-refractivity contribution in [2.75, 3.05) is 6.54 Å². The summed E-state index contributed by atoms with van der Waals surface area (Å²) in [5.41, 5.74) is 7.79. The largest absolute Gasteiger partial charge is 0.330 e. The monoisotopic (exact) mass is 266 g/mol. The van der Waals surface area contributed by atoms with Gasteiger partial charge in [-0.25, -0.2) is 4.98 Å². The van der Waals surface area contributed by atoms with Gasteiger partial charge >= 0.3 is 0 Å². The van der Waals surface area contributed by atoms with Gasteiger partial charge in [0.2, 0.25) is 0 Å². The van der Waals surface area contributed by atoms with E-state index in [0.29, 0.717) is 5.41 Å². The lowest BCUT2D eigenvalue weighted by molar-refractivity contribution is 0.197. The fourth-order valence-corrected chi connectivity index (χ4v) is 4.01. The first kappa shape index (κ1) is 14.0. The molecule has 1 aromatic rings. The Hall–Kier alpha value is -0.410. The SMILES string of the molecule is CC(C)(C)c1csc(CC2(CN)CCCCC2)n1. The van der Waals surface area contributed by atoms with E-state index in [1.54, 1.807) is 0 Å². The van der Waals surface area contributed by atoms with Crippen molar-refractivity contribution < 1.29 is 0 Å². The second kappa shape index (κ2) is 5.30. The van der Waals surface area contributed by atoms with Gasteiger partial charge < -0.3 is 5.73 Å². The van der Waals surface area contributed by atoms with Crippen molar-refractivity contribution >= 4 is 11.3 Å². The molecule has 1 aromatic heterocycles. The van der Waals surface area contributed by atoms with Crippen LogP contribution in [0, 0.1) is 5.41 Å². The van der Waals surface area contributed by atoms with Crippen LogP contribution >= 0.6 is 11.3 Å². The van der Waals surface area contributed by atoms with Gasteiger partial charge in [0.15, 0.2) is 0 Å². The van der Waals surface area contributed by atoms with Gasteiger partial charge in [-0.05, 0) is 24.8 Å². The van der Waals surface area contributed by atoms with Crippen molar-refractivity contribution in [2.45, 2.75) is 64.7 Å². The summed E-state index contributed by atoms with van der Waals surface area (Å²) in [6.07, 6.45) is 7.72. The molecule has 2 rings (SSSR count). The van der Waals surface area contributed by atoms with Gasteiger partial charge in [-0.3, -0.25) is 0 Å². The maximum atomic E-state index is 6.06. The molecule has 1 aliphatic carbocycles. The molecule has 0 unspecified atom stereocenters. The Bertz CT molecular complexity index is 383. The highest BCUT2D eigenvalue weighted by molar-refractivity contribution is 7.09. The number of nitrogens with zero attached hydrogens (tertiary/aromatic N) is 1. The number of hydrogen-bond donors (Lipinski definition) is 1. The van der Waals surface area contributed by atoms with E-state index in [0.717, 1.165) is 13.0 Å². The van der Waals surface area contributed by atoms with Crippen molar-refractivity contribution in [3.63, 3.8) is 0 Å². The average molecular weight is 266 g/mol. The Labute approximate surface area is 115 Å². The molecular weight excluding hydrogens is 240 g/mol. The van der Waals surface area contributed by atoms with Gasteiger partial charge in [0, 0.05) is 17.2 Å². The predicted molar refractivity (Wildman–Crippen MR) is 79.1 cm³/mol. The van der Waals surface area contributed by atoms with Crippen LogP contribution in [0.1, 0.15) is 63.6 Å². The van der Waals surface area contributed by atoms with Crippen LogP contribution in [0.15, 0.2) is 5.38 Å². The molecule has 1 heterocycles. The number of aromatic nitrogens is 1. The number of nitrogens with two attached hydrogens (primary N) is 1. The van der Waals surface area contributed by atoms with Crippen molar-refractivity contribution in [1.29, 1.82) is 0 Å². The highest BCUT2D eigenvalue weighted by Gasteiger charge is 2.32. The minimum atomic E-state index is 0.164. The van der Waals surface area contributed by atoms with Crippen LogP contribution in [0.3, 0.4) is 0 Å². The second-order valence-corrected chi connectivity index (χ2v) is 7.76. The van der Waals surface area contributed by atoms with Gasteiger partial charge in [-0.2, -0.15) is 0 Å². The van der Waals surface area contributed by atoms with Crippen molar-refractivity contribution in [2.24, 2.45) is 11.1 Å². The van der Waals surface area contributed by atoms with E-state index in [1.165, 1.54) is 42.8 Å².